The number of carbonyl (C=O) groups is 1. The predicted octanol–water partition coefficient (Wildman–Crippen LogP) is 2.12. The molecule has 5 atom stereocenters. The summed E-state index contributed by atoms with van der Waals surface area (Å²) in [6.45, 7) is 4.08. The van der Waals surface area contributed by atoms with E-state index < -0.39 is 17.7 Å². The van der Waals surface area contributed by atoms with Crippen LogP contribution >= 0.6 is 0 Å². The normalized spacial score (nSPS) is 39.0. The number of fused-ring (bicyclic) bond motifs is 2. The topological polar surface area (TPSA) is 63.2 Å². The summed E-state index contributed by atoms with van der Waals surface area (Å²) < 4.78 is 28.9. The predicted molar refractivity (Wildman–Crippen MR) is 83.3 cm³/mol. The molecule has 24 heavy (non-hydrogen) atoms. The maximum atomic E-state index is 12.1. The van der Waals surface area contributed by atoms with Gasteiger partial charge >= 0.3 is 5.97 Å². The highest BCUT2D eigenvalue weighted by Gasteiger charge is 2.73. The third kappa shape index (κ3) is 2.54. The van der Waals surface area contributed by atoms with Gasteiger partial charge in [0.25, 0.3) is 0 Å². The zero-order chi connectivity index (χ0) is 16.9. The zero-order valence-electron chi connectivity index (χ0n) is 14.1. The first-order chi connectivity index (χ1) is 11.5. The molecule has 2 heterocycles. The molecule has 0 amide bonds. The Morgan fingerprint density at radius 1 is 1.21 bits per heavy atom. The smallest absolute Gasteiger partial charge is 0.338 e. The molecular weight excluding hydrogens is 312 g/mol. The molecule has 130 valence electrons. The molecule has 3 aliphatic rings. The van der Waals surface area contributed by atoms with Crippen molar-refractivity contribution in [3.63, 3.8) is 0 Å². The number of rotatable bonds is 4. The molecule has 1 aliphatic carbocycles. The number of ether oxygens (including phenoxy) is 5. The molecule has 6 heteroatoms. The molecule has 1 aromatic rings. The highest BCUT2D eigenvalue weighted by molar-refractivity contribution is 5.89. The van der Waals surface area contributed by atoms with Gasteiger partial charge in [-0.15, -0.1) is 0 Å². The van der Waals surface area contributed by atoms with Crippen LogP contribution in [0.3, 0.4) is 0 Å². The third-order valence-electron chi connectivity index (χ3n) is 4.97. The van der Waals surface area contributed by atoms with Crippen LogP contribution in [0.2, 0.25) is 0 Å². The van der Waals surface area contributed by atoms with Crippen molar-refractivity contribution in [2.45, 2.75) is 50.2 Å². The van der Waals surface area contributed by atoms with Gasteiger partial charge in [-0.05, 0) is 32.4 Å². The van der Waals surface area contributed by atoms with Crippen LogP contribution < -0.4 is 0 Å². The van der Waals surface area contributed by atoms with Crippen LogP contribution in [0.15, 0.2) is 30.3 Å². The molecule has 0 radical (unpaired) electrons. The number of methoxy groups -OCH3 is 1. The van der Waals surface area contributed by atoms with Crippen LogP contribution in [-0.2, 0) is 23.7 Å². The number of carbonyl (C=O) groups excluding carboxylic acids is 1. The van der Waals surface area contributed by atoms with E-state index in [9.17, 15) is 4.79 Å². The van der Waals surface area contributed by atoms with Crippen molar-refractivity contribution in [2.24, 2.45) is 5.92 Å². The van der Waals surface area contributed by atoms with E-state index in [-0.39, 0.29) is 24.1 Å². The Kier molecular flexibility index (Phi) is 3.69. The Hall–Kier alpha value is -1.47. The van der Waals surface area contributed by atoms with E-state index >= 15 is 0 Å². The average molecular weight is 334 g/mol. The van der Waals surface area contributed by atoms with Crippen LogP contribution in [0.4, 0.5) is 0 Å². The van der Waals surface area contributed by atoms with Gasteiger partial charge in [0.05, 0.1) is 12.2 Å². The molecule has 0 aromatic heterocycles. The first kappa shape index (κ1) is 16.0. The Morgan fingerprint density at radius 3 is 2.67 bits per heavy atom. The molecule has 2 saturated heterocycles. The molecule has 1 aromatic carbocycles. The highest BCUT2D eigenvalue weighted by Crippen LogP contribution is 2.60. The fourth-order valence-electron chi connectivity index (χ4n) is 3.75. The Morgan fingerprint density at radius 2 is 1.96 bits per heavy atom. The van der Waals surface area contributed by atoms with Gasteiger partial charge in [-0.1, -0.05) is 18.2 Å². The third-order valence-corrected chi connectivity index (χ3v) is 4.97. The average Bonchev–Trinajstić information content (AvgIpc) is 3.07. The minimum Gasteiger partial charge on any atom is -0.462 e. The standard InChI is InChI=1S/C18H22O6/c1-17(2)22-13-14(23-17)18(24-16(13)20-3)9-12(18)10-21-15(19)11-7-5-4-6-8-11/h4-8,12-14,16H,9-10H2,1-3H3/t12-,13-,14?,16+,18-/m0/s1. The van der Waals surface area contributed by atoms with Gasteiger partial charge in [-0.3, -0.25) is 0 Å². The van der Waals surface area contributed by atoms with Gasteiger partial charge in [0.2, 0.25) is 0 Å². The zero-order valence-corrected chi connectivity index (χ0v) is 14.1. The van der Waals surface area contributed by atoms with Crippen LogP contribution in [0, 0.1) is 5.92 Å². The second-order valence-electron chi connectivity index (χ2n) is 7.06. The summed E-state index contributed by atoms with van der Waals surface area (Å²) >= 11 is 0. The number of esters is 1. The Labute approximate surface area is 141 Å². The molecule has 1 unspecified atom stereocenters. The summed E-state index contributed by atoms with van der Waals surface area (Å²) in [7, 11) is 1.60. The second-order valence-corrected chi connectivity index (χ2v) is 7.06. The fourth-order valence-corrected chi connectivity index (χ4v) is 3.75. The molecule has 2 aliphatic heterocycles. The summed E-state index contributed by atoms with van der Waals surface area (Å²) in [5.74, 6) is -0.883. The fraction of sp³-hybridized carbons (Fsp3) is 0.611. The van der Waals surface area contributed by atoms with Gasteiger partial charge in [-0.25, -0.2) is 4.79 Å². The van der Waals surface area contributed by atoms with Crippen molar-refractivity contribution < 1.29 is 28.5 Å². The lowest BCUT2D eigenvalue weighted by molar-refractivity contribution is -0.235. The van der Waals surface area contributed by atoms with Crippen molar-refractivity contribution in [3.8, 4) is 0 Å². The highest BCUT2D eigenvalue weighted by atomic mass is 16.8. The Balaban J connectivity index is 1.41. The summed E-state index contributed by atoms with van der Waals surface area (Å²) in [6, 6.07) is 8.97. The summed E-state index contributed by atoms with van der Waals surface area (Å²) in [5.41, 5.74) is 0.0737. The largest absolute Gasteiger partial charge is 0.462 e. The molecule has 1 spiro atoms. The van der Waals surface area contributed by atoms with Crippen LogP contribution in [0.5, 0.6) is 0 Å². The summed E-state index contributed by atoms with van der Waals surface area (Å²) in [4.78, 5) is 12.1. The molecule has 4 rings (SSSR count). The van der Waals surface area contributed by atoms with Crippen LogP contribution in [-0.4, -0.2) is 49.6 Å². The number of benzene rings is 1. The lowest BCUT2D eigenvalue weighted by Crippen LogP contribution is -2.33. The van der Waals surface area contributed by atoms with Crippen molar-refractivity contribution in [2.75, 3.05) is 13.7 Å². The minimum atomic E-state index is -0.656. The Bertz CT molecular complexity index is 630. The molecule has 3 fully saturated rings. The van der Waals surface area contributed by atoms with Crippen molar-refractivity contribution in [3.05, 3.63) is 35.9 Å². The molecular formula is C18H22O6. The number of hydrogen-bond acceptors (Lipinski definition) is 6. The first-order valence-electron chi connectivity index (χ1n) is 8.24. The minimum absolute atomic E-state index is 0.0929. The van der Waals surface area contributed by atoms with Gasteiger partial charge < -0.3 is 23.7 Å². The monoisotopic (exact) mass is 334 g/mol. The molecule has 6 nitrogen and oxygen atoms in total. The van der Waals surface area contributed by atoms with E-state index in [0.717, 1.165) is 6.42 Å². The van der Waals surface area contributed by atoms with E-state index in [1.165, 1.54) is 0 Å². The van der Waals surface area contributed by atoms with Gasteiger partial charge in [0.15, 0.2) is 12.1 Å². The van der Waals surface area contributed by atoms with E-state index in [0.29, 0.717) is 12.2 Å². The molecule has 0 bridgehead atoms. The first-order valence-corrected chi connectivity index (χ1v) is 8.24. The number of hydrogen-bond donors (Lipinski definition) is 0. The maximum Gasteiger partial charge on any atom is 0.338 e. The van der Waals surface area contributed by atoms with Crippen molar-refractivity contribution in [1.82, 2.24) is 0 Å². The SMILES string of the molecule is CO[C@@H]1O[C@]2(C[C@H]2COC(=O)c2ccccc2)C2OC(C)(C)O[C@@H]21. The van der Waals surface area contributed by atoms with Crippen molar-refractivity contribution >= 4 is 5.97 Å². The molecule has 1 saturated carbocycles. The lowest BCUT2D eigenvalue weighted by Gasteiger charge is -2.24. The maximum absolute atomic E-state index is 12.1. The van der Waals surface area contributed by atoms with E-state index in [2.05, 4.69) is 0 Å². The van der Waals surface area contributed by atoms with E-state index in [1.807, 2.05) is 32.0 Å². The van der Waals surface area contributed by atoms with Crippen LogP contribution in [0.1, 0.15) is 30.6 Å². The van der Waals surface area contributed by atoms with Gasteiger partial charge in [0.1, 0.15) is 17.8 Å². The van der Waals surface area contributed by atoms with Crippen LogP contribution in [0.25, 0.3) is 0 Å². The summed E-state index contributed by atoms with van der Waals surface area (Å²) in [6.07, 6.45) is -0.125. The van der Waals surface area contributed by atoms with Crippen molar-refractivity contribution in [1.29, 1.82) is 0 Å². The quantitative estimate of drug-likeness (QED) is 0.786. The van der Waals surface area contributed by atoms with E-state index in [1.54, 1.807) is 19.2 Å². The van der Waals surface area contributed by atoms with Gasteiger partial charge in [0, 0.05) is 13.0 Å². The lowest BCUT2D eigenvalue weighted by atomic mass is 10.1. The van der Waals surface area contributed by atoms with E-state index in [4.69, 9.17) is 23.7 Å². The summed E-state index contributed by atoms with van der Waals surface area (Å²) in [5, 5.41) is 0. The molecule has 0 N–H and O–H groups in total. The second kappa shape index (κ2) is 5.52. The van der Waals surface area contributed by atoms with Gasteiger partial charge in [-0.2, -0.15) is 0 Å².